The normalized spacial score (nSPS) is 14.2. The molecule has 3 heteroatoms. The van der Waals surface area contributed by atoms with Gasteiger partial charge >= 0.3 is 5.63 Å². The van der Waals surface area contributed by atoms with Crippen molar-refractivity contribution < 1.29 is 13.6 Å². The van der Waals surface area contributed by atoms with Crippen LogP contribution in [-0.2, 0) is 0 Å². The summed E-state index contributed by atoms with van der Waals surface area (Å²) in [4.78, 5) is 10.5. The van der Waals surface area contributed by atoms with Crippen molar-refractivity contribution >= 4 is 0 Å². The summed E-state index contributed by atoms with van der Waals surface area (Å²) in [6.45, 7) is 0. The van der Waals surface area contributed by atoms with Crippen LogP contribution in [-0.4, -0.2) is 5.11 Å². The molecule has 8 heavy (non-hydrogen) atoms. The fourth-order valence-corrected chi connectivity index (χ4v) is 0.275. The largest absolute Gasteiger partial charge is 0.481 e. The van der Waals surface area contributed by atoms with Gasteiger partial charge in [0.05, 0.1) is 4.11 Å². The third-order valence-corrected chi connectivity index (χ3v) is 0.523. The van der Waals surface area contributed by atoms with Crippen molar-refractivity contribution in [3.05, 3.63) is 28.5 Å². The summed E-state index contributed by atoms with van der Waals surface area (Å²) in [6, 6.07) is -1.99. The monoisotopic (exact) mass is 115 g/mol. The van der Waals surface area contributed by atoms with Crippen LogP contribution < -0.4 is 5.63 Å². The Hall–Kier alpha value is -1.25. The van der Waals surface area contributed by atoms with Crippen LogP contribution in [0.25, 0.3) is 0 Å². The summed E-state index contributed by atoms with van der Waals surface area (Å²) < 4.78 is 24.7. The Morgan fingerprint density at radius 3 is 3.25 bits per heavy atom. The first kappa shape index (κ1) is 2.35. The smallest absolute Gasteiger partial charge is 0.338 e. The average Bonchev–Trinajstić information content (AvgIpc) is 1.97. The third kappa shape index (κ3) is 0.872. The minimum atomic E-state index is -1.11. The Morgan fingerprint density at radius 2 is 2.50 bits per heavy atom. The summed E-state index contributed by atoms with van der Waals surface area (Å²) >= 11 is 0. The van der Waals surface area contributed by atoms with E-state index in [0.29, 0.717) is 0 Å². The van der Waals surface area contributed by atoms with Gasteiger partial charge in [-0.15, -0.1) is 0 Å². The number of hydrogen-bond donors (Lipinski definition) is 1. The van der Waals surface area contributed by atoms with Gasteiger partial charge in [0.25, 0.3) is 5.95 Å². The topological polar surface area (TPSA) is 50.4 Å². The predicted octanol–water partition coefficient (Wildman–Crippen LogP) is 0.345. The predicted molar refractivity (Wildman–Crippen MR) is 26.6 cm³/mol. The van der Waals surface area contributed by atoms with E-state index in [9.17, 15) is 4.79 Å². The zero-order chi connectivity index (χ0) is 8.59. The molecule has 0 saturated heterocycles. The molecule has 0 bridgehead atoms. The standard InChI is InChI=1S/C5H4O3/c6-4-2-1-3-5(7)8-4/h1-3,6H/i1D,2D,3D. The second-order valence-corrected chi connectivity index (χ2v) is 1.07. The zero-order valence-electron chi connectivity index (χ0n) is 6.76. The Kier molecular flexibility index (Phi) is 0.497. The van der Waals surface area contributed by atoms with Gasteiger partial charge in [-0.3, -0.25) is 0 Å². The highest BCUT2D eigenvalue weighted by molar-refractivity contribution is 5.01. The first-order valence-electron chi connectivity index (χ1n) is 3.34. The van der Waals surface area contributed by atoms with Gasteiger partial charge in [0.15, 0.2) is 0 Å². The molecule has 0 amide bonds. The molecular weight excluding hydrogens is 108 g/mol. The van der Waals surface area contributed by atoms with Crippen molar-refractivity contribution in [2.45, 2.75) is 0 Å². The van der Waals surface area contributed by atoms with Gasteiger partial charge < -0.3 is 9.52 Å². The lowest BCUT2D eigenvalue weighted by Crippen LogP contribution is -1.91. The number of rotatable bonds is 0. The van der Waals surface area contributed by atoms with Crippen LogP contribution in [0.5, 0.6) is 5.95 Å². The average molecular weight is 115 g/mol. The van der Waals surface area contributed by atoms with E-state index in [1.54, 1.807) is 0 Å². The van der Waals surface area contributed by atoms with Crippen molar-refractivity contribution in [1.29, 1.82) is 0 Å². The lowest BCUT2D eigenvalue weighted by atomic mass is 10.5. The molecule has 0 aromatic carbocycles. The van der Waals surface area contributed by atoms with Gasteiger partial charge in [0, 0.05) is 12.1 Å². The molecule has 1 heterocycles. The van der Waals surface area contributed by atoms with E-state index in [1.165, 1.54) is 0 Å². The minimum Gasteiger partial charge on any atom is -0.481 e. The Morgan fingerprint density at radius 1 is 1.75 bits per heavy atom. The fraction of sp³-hybridized carbons (Fsp3) is 0. The van der Waals surface area contributed by atoms with E-state index >= 15 is 0 Å². The summed E-state index contributed by atoms with van der Waals surface area (Å²) in [5.74, 6) is -0.920. The molecule has 1 aromatic heterocycles. The zero-order valence-corrected chi connectivity index (χ0v) is 3.76. The quantitative estimate of drug-likeness (QED) is 0.530. The van der Waals surface area contributed by atoms with Crippen LogP contribution in [0, 0.1) is 0 Å². The van der Waals surface area contributed by atoms with Crippen molar-refractivity contribution in [3.8, 4) is 5.95 Å². The van der Waals surface area contributed by atoms with E-state index in [1.807, 2.05) is 0 Å². The molecule has 3 nitrogen and oxygen atoms in total. The Bertz CT molecular complexity index is 344. The highest BCUT2D eigenvalue weighted by Crippen LogP contribution is 1.98. The fourth-order valence-electron chi connectivity index (χ4n) is 0.275. The SMILES string of the molecule is [2H]c1c(O)oc(=O)c([2H])c1[2H]. The lowest BCUT2D eigenvalue weighted by molar-refractivity contribution is 0.309. The minimum absolute atomic E-state index is 0.626. The molecule has 0 aliphatic rings. The highest BCUT2D eigenvalue weighted by atomic mass is 16.5. The maximum Gasteiger partial charge on any atom is 0.338 e. The van der Waals surface area contributed by atoms with Crippen LogP contribution in [0.15, 0.2) is 27.3 Å². The molecule has 42 valence electrons. The van der Waals surface area contributed by atoms with Gasteiger partial charge in [-0.2, -0.15) is 0 Å². The third-order valence-electron chi connectivity index (χ3n) is 0.523. The first-order chi connectivity index (χ1) is 5.04. The number of hydrogen-bond acceptors (Lipinski definition) is 3. The second-order valence-electron chi connectivity index (χ2n) is 1.07. The molecule has 0 aliphatic heterocycles. The van der Waals surface area contributed by atoms with Gasteiger partial charge in [-0.05, 0) is 6.04 Å². The van der Waals surface area contributed by atoms with E-state index < -0.39 is 29.7 Å². The van der Waals surface area contributed by atoms with E-state index in [2.05, 4.69) is 4.42 Å². The first-order valence-corrected chi connectivity index (χ1v) is 1.84. The molecule has 0 atom stereocenters. The summed E-state index contributed by atoms with van der Waals surface area (Å²) in [7, 11) is 0. The van der Waals surface area contributed by atoms with E-state index in [0.717, 1.165) is 0 Å². The Labute approximate surface area is 49.4 Å². The van der Waals surface area contributed by atoms with Crippen LogP contribution in [0.4, 0.5) is 0 Å². The van der Waals surface area contributed by atoms with E-state index in [-0.39, 0.29) is 0 Å². The van der Waals surface area contributed by atoms with Crippen LogP contribution >= 0.6 is 0 Å². The maximum absolute atomic E-state index is 10.5. The van der Waals surface area contributed by atoms with Crippen molar-refractivity contribution in [2.75, 3.05) is 0 Å². The Balaban J connectivity index is 3.59. The molecule has 1 rings (SSSR count). The van der Waals surface area contributed by atoms with Crippen molar-refractivity contribution in [2.24, 2.45) is 0 Å². The van der Waals surface area contributed by atoms with Crippen molar-refractivity contribution in [3.63, 3.8) is 0 Å². The second kappa shape index (κ2) is 1.69. The molecular formula is C5H4O3. The van der Waals surface area contributed by atoms with E-state index in [4.69, 9.17) is 9.22 Å². The summed E-state index contributed by atoms with van der Waals surface area (Å²) in [5.41, 5.74) is -1.11. The van der Waals surface area contributed by atoms with Crippen LogP contribution in [0.1, 0.15) is 4.11 Å². The molecule has 0 saturated carbocycles. The molecule has 0 spiro atoms. The number of aromatic hydroxyl groups is 1. The molecule has 0 unspecified atom stereocenters. The summed E-state index contributed by atoms with van der Waals surface area (Å²) in [5, 5.41) is 8.65. The summed E-state index contributed by atoms with van der Waals surface area (Å²) in [6.07, 6.45) is 0. The van der Waals surface area contributed by atoms with Crippen molar-refractivity contribution in [1.82, 2.24) is 0 Å². The van der Waals surface area contributed by atoms with Gasteiger partial charge in [-0.1, -0.05) is 0 Å². The molecule has 0 fully saturated rings. The molecule has 1 aromatic rings. The molecule has 0 aliphatic carbocycles. The molecule has 0 radical (unpaired) electrons. The molecule has 1 N–H and O–H groups in total. The highest BCUT2D eigenvalue weighted by Gasteiger charge is 1.85. The van der Waals surface area contributed by atoms with Gasteiger partial charge in [0.1, 0.15) is 0 Å². The lowest BCUT2D eigenvalue weighted by Gasteiger charge is -1.82. The van der Waals surface area contributed by atoms with Gasteiger partial charge in [-0.25, -0.2) is 4.79 Å². The van der Waals surface area contributed by atoms with Gasteiger partial charge in [0.2, 0.25) is 0 Å². The maximum atomic E-state index is 10.5. The van der Waals surface area contributed by atoms with Crippen LogP contribution in [0.3, 0.4) is 0 Å². The van der Waals surface area contributed by atoms with Crippen LogP contribution in [0.2, 0.25) is 0 Å².